The maximum absolute atomic E-state index is 5.54. The van der Waals surface area contributed by atoms with Crippen LogP contribution in [0.4, 0.5) is 0 Å². The van der Waals surface area contributed by atoms with E-state index in [4.69, 9.17) is 15.2 Å². The second-order valence-electron chi connectivity index (χ2n) is 3.28. The molecule has 0 fully saturated rings. The molecule has 1 aromatic rings. The number of ether oxygens (including phenoxy) is 2. The minimum absolute atomic E-state index is 0.540. The lowest BCUT2D eigenvalue weighted by Crippen LogP contribution is -2.10. The summed E-state index contributed by atoms with van der Waals surface area (Å²) in [5.41, 5.74) is 7.42. The maximum Gasteiger partial charge on any atom is 0.140 e. The van der Waals surface area contributed by atoms with E-state index in [0.29, 0.717) is 19.8 Å². The third kappa shape index (κ3) is 3.85. The number of aryl methyl sites for hydroxylation is 1. The minimum Gasteiger partial charge on any atom is -0.489 e. The number of hydrogen-bond acceptors (Lipinski definition) is 4. The van der Waals surface area contributed by atoms with Gasteiger partial charge in [0.25, 0.3) is 0 Å². The predicted molar refractivity (Wildman–Crippen MR) is 59.1 cm³/mol. The van der Waals surface area contributed by atoms with Gasteiger partial charge in [0, 0.05) is 19.2 Å². The molecule has 1 heterocycles. The van der Waals surface area contributed by atoms with Crippen LogP contribution in [0, 0.1) is 6.92 Å². The Labute approximate surface area is 90.4 Å². The lowest BCUT2D eigenvalue weighted by molar-refractivity contribution is 0.145. The second-order valence-corrected chi connectivity index (χ2v) is 3.28. The molecule has 2 N–H and O–H groups in total. The summed E-state index contributed by atoms with van der Waals surface area (Å²) in [6.45, 7) is 3.66. The van der Waals surface area contributed by atoms with Crippen LogP contribution >= 0.6 is 0 Å². The van der Waals surface area contributed by atoms with E-state index in [-0.39, 0.29) is 0 Å². The molecule has 1 aromatic heterocycles. The molecule has 0 spiro atoms. The van der Waals surface area contributed by atoms with Crippen molar-refractivity contribution in [3.63, 3.8) is 0 Å². The van der Waals surface area contributed by atoms with Gasteiger partial charge in [-0.25, -0.2) is 0 Å². The lowest BCUT2D eigenvalue weighted by Gasteiger charge is -2.10. The number of nitrogens with two attached hydrogens (primary N) is 1. The molecule has 0 bridgehead atoms. The number of methoxy groups -OCH3 is 1. The third-order valence-corrected chi connectivity index (χ3v) is 2.00. The molecule has 0 unspecified atom stereocenters. The summed E-state index contributed by atoms with van der Waals surface area (Å²) in [6.07, 6.45) is 0.740. The number of hydrogen-bond donors (Lipinski definition) is 1. The first-order valence-electron chi connectivity index (χ1n) is 5.06. The number of aromatic nitrogens is 1. The summed E-state index contributed by atoms with van der Waals surface area (Å²) < 4.78 is 10.5. The Hall–Kier alpha value is -1.13. The number of rotatable bonds is 6. The first kappa shape index (κ1) is 11.9. The Morgan fingerprint density at radius 2 is 2.13 bits per heavy atom. The van der Waals surface area contributed by atoms with Crippen LogP contribution in [0.25, 0.3) is 0 Å². The zero-order valence-corrected chi connectivity index (χ0v) is 9.32. The first-order chi connectivity index (χ1) is 7.27. The molecule has 0 aliphatic carbocycles. The number of pyridine rings is 1. The van der Waals surface area contributed by atoms with Gasteiger partial charge in [0.2, 0.25) is 0 Å². The van der Waals surface area contributed by atoms with Crippen LogP contribution in [0.3, 0.4) is 0 Å². The van der Waals surface area contributed by atoms with E-state index >= 15 is 0 Å². The van der Waals surface area contributed by atoms with E-state index in [1.807, 2.05) is 19.1 Å². The molecular formula is C11H18N2O2. The van der Waals surface area contributed by atoms with Crippen molar-refractivity contribution >= 4 is 0 Å². The van der Waals surface area contributed by atoms with Crippen LogP contribution in [-0.4, -0.2) is 31.9 Å². The van der Waals surface area contributed by atoms with Crippen molar-refractivity contribution in [1.29, 1.82) is 0 Å². The first-order valence-corrected chi connectivity index (χ1v) is 5.06. The molecule has 0 aliphatic heterocycles. The van der Waals surface area contributed by atoms with Crippen LogP contribution in [0.1, 0.15) is 11.4 Å². The molecule has 0 saturated heterocycles. The third-order valence-electron chi connectivity index (χ3n) is 2.00. The molecule has 15 heavy (non-hydrogen) atoms. The molecule has 4 heteroatoms. The summed E-state index contributed by atoms with van der Waals surface area (Å²) in [5.74, 6) is 0.808. The van der Waals surface area contributed by atoms with Gasteiger partial charge in [-0.1, -0.05) is 0 Å². The normalized spacial score (nSPS) is 10.3. The molecule has 0 aliphatic rings. The highest BCUT2D eigenvalue weighted by atomic mass is 16.5. The standard InChI is InChI=1S/C11H18N2O2/c1-9-3-4-11(15-8-7-14-2)10(13-9)5-6-12/h3-4H,5-8,12H2,1-2H3. The van der Waals surface area contributed by atoms with Crippen LogP contribution in [-0.2, 0) is 11.2 Å². The van der Waals surface area contributed by atoms with Crippen molar-refractivity contribution < 1.29 is 9.47 Å². The fourth-order valence-corrected chi connectivity index (χ4v) is 1.28. The van der Waals surface area contributed by atoms with E-state index in [0.717, 1.165) is 23.6 Å². The molecule has 84 valence electrons. The molecule has 0 atom stereocenters. The maximum atomic E-state index is 5.54. The largest absolute Gasteiger partial charge is 0.489 e. The zero-order chi connectivity index (χ0) is 11.1. The highest BCUT2D eigenvalue weighted by Crippen LogP contribution is 2.16. The summed E-state index contributed by atoms with van der Waals surface area (Å²) >= 11 is 0. The average molecular weight is 210 g/mol. The van der Waals surface area contributed by atoms with Gasteiger partial charge >= 0.3 is 0 Å². The lowest BCUT2D eigenvalue weighted by atomic mass is 10.2. The highest BCUT2D eigenvalue weighted by Gasteiger charge is 2.04. The SMILES string of the molecule is COCCOc1ccc(C)nc1CCN. The Kier molecular flexibility index (Phi) is 5.07. The molecule has 0 radical (unpaired) electrons. The van der Waals surface area contributed by atoms with Crippen LogP contribution in [0.5, 0.6) is 5.75 Å². The van der Waals surface area contributed by atoms with Crippen molar-refractivity contribution in [1.82, 2.24) is 4.98 Å². The monoisotopic (exact) mass is 210 g/mol. The van der Waals surface area contributed by atoms with Crippen molar-refractivity contribution in [2.24, 2.45) is 5.73 Å². The van der Waals surface area contributed by atoms with Gasteiger partial charge in [-0.05, 0) is 25.6 Å². The van der Waals surface area contributed by atoms with Crippen molar-refractivity contribution in [2.75, 3.05) is 26.9 Å². The molecule has 0 saturated carbocycles. The van der Waals surface area contributed by atoms with Crippen LogP contribution in [0.2, 0.25) is 0 Å². The molecule has 0 amide bonds. The fourth-order valence-electron chi connectivity index (χ4n) is 1.28. The van der Waals surface area contributed by atoms with E-state index < -0.39 is 0 Å². The van der Waals surface area contributed by atoms with E-state index in [9.17, 15) is 0 Å². The van der Waals surface area contributed by atoms with E-state index in [2.05, 4.69) is 4.98 Å². The van der Waals surface area contributed by atoms with Gasteiger partial charge < -0.3 is 15.2 Å². The van der Waals surface area contributed by atoms with Crippen LogP contribution in [0.15, 0.2) is 12.1 Å². The summed E-state index contributed by atoms with van der Waals surface area (Å²) in [5, 5.41) is 0. The van der Waals surface area contributed by atoms with Crippen LogP contribution < -0.4 is 10.5 Å². The summed E-state index contributed by atoms with van der Waals surface area (Å²) in [4.78, 5) is 4.40. The van der Waals surface area contributed by atoms with E-state index in [1.54, 1.807) is 7.11 Å². The Morgan fingerprint density at radius 1 is 1.33 bits per heavy atom. The molecule has 1 rings (SSSR count). The highest BCUT2D eigenvalue weighted by molar-refractivity contribution is 5.29. The Bertz CT molecular complexity index is 303. The fraction of sp³-hybridized carbons (Fsp3) is 0.545. The van der Waals surface area contributed by atoms with E-state index in [1.165, 1.54) is 0 Å². The Morgan fingerprint density at radius 3 is 2.80 bits per heavy atom. The quantitative estimate of drug-likeness (QED) is 0.709. The molecule has 0 aromatic carbocycles. The second kappa shape index (κ2) is 6.37. The van der Waals surface area contributed by atoms with Crippen molar-refractivity contribution in [2.45, 2.75) is 13.3 Å². The van der Waals surface area contributed by atoms with Gasteiger partial charge in [-0.2, -0.15) is 0 Å². The van der Waals surface area contributed by atoms with Gasteiger partial charge in [0.1, 0.15) is 12.4 Å². The molecule has 4 nitrogen and oxygen atoms in total. The number of nitrogens with zero attached hydrogens (tertiary/aromatic N) is 1. The minimum atomic E-state index is 0.540. The topological polar surface area (TPSA) is 57.4 Å². The predicted octanol–water partition coefficient (Wildman–Crippen LogP) is 0.916. The zero-order valence-electron chi connectivity index (χ0n) is 9.32. The molecular weight excluding hydrogens is 192 g/mol. The smallest absolute Gasteiger partial charge is 0.140 e. The summed E-state index contributed by atoms with van der Waals surface area (Å²) in [6, 6.07) is 3.87. The average Bonchev–Trinajstić information content (AvgIpc) is 2.22. The summed E-state index contributed by atoms with van der Waals surface area (Å²) in [7, 11) is 1.65. The van der Waals surface area contributed by atoms with Crippen molar-refractivity contribution in [3.05, 3.63) is 23.5 Å². The van der Waals surface area contributed by atoms with Gasteiger partial charge in [0.05, 0.1) is 12.3 Å². The van der Waals surface area contributed by atoms with Gasteiger partial charge in [-0.15, -0.1) is 0 Å². The van der Waals surface area contributed by atoms with Gasteiger partial charge in [-0.3, -0.25) is 4.98 Å². The van der Waals surface area contributed by atoms with Gasteiger partial charge in [0.15, 0.2) is 0 Å². The Balaban J connectivity index is 2.67. The van der Waals surface area contributed by atoms with Crippen molar-refractivity contribution in [3.8, 4) is 5.75 Å².